The summed E-state index contributed by atoms with van der Waals surface area (Å²) in [7, 11) is 0. The number of hydrogen-bond acceptors (Lipinski definition) is 5. The van der Waals surface area contributed by atoms with E-state index in [1.54, 1.807) is 0 Å². The summed E-state index contributed by atoms with van der Waals surface area (Å²) in [5.41, 5.74) is 0.821. The molecule has 0 unspecified atom stereocenters. The van der Waals surface area contributed by atoms with Crippen molar-refractivity contribution in [3.8, 4) is 5.75 Å². The van der Waals surface area contributed by atoms with Gasteiger partial charge in [0.1, 0.15) is 11.4 Å². The second-order valence-corrected chi connectivity index (χ2v) is 7.28. The first-order valence-corrected chi connectivity index (χ1v) is 9.45. The normalized spacial score (nSPS) is 12.1. The maximum absolute atomic E-state index is 6.04. The van der Waals surface area contributed by atoms with Gasteiger partial charge in [-0.15, -0.1) is 0 Å². The van der Waals surface area contributed by atoms with E-state index in [0.717, 1.165) is 43.2 Å². The summed E-state index contributed by atoms with van der Waals surface area (Å²) in [5, 5.41) is 10.4. The SMILES string of the molecule is CCNC(=NCc1ccccc1OC(C)(C)C)NCCCc1nc(C)no1. The van der Waals surface area contributed by atoms with Crippen LogP contribution in [0.2, 0.25) is 0 Å². The van der Waals surface area contributed by atoms with E-state index in [-0.39, 0.29) is 5.60 Å². The smallest absolute Gasteiger partial charge is 0.226 e. The predicted molar refractivity (Wildman–Crippen MR) is 107 cm³/mol. The van der Waals surface area contributed by atoms with Crippen LogP contribution in [0.25, 0.3) is 0 Å². The first-order valence-electron chi connectivity index (χ1n) is 9.45. The Morgan fingerprint density at radius 2 is 2.00 bits per heavy atom. The van der Waals surface area contributed by atoms with Gasteiger partial charge in [0.05, 0.1) is 6.54 Å². The molecule has 2 rings (SSSR count). The summed E-state index contributed by atoms with van der Waals surface area (Å²) in [6.45, 7) is 12.1. The van der Waals surface area contributed by atoms with Gasteiger partial charge in [0.15, 0.2) is 11.8 Å². The number of nitrogens with zero attached hydrogens (tertiary/aromatic N) is 3. The van der Waals surface area contributed by atoms with Crippen molar-refractivity contribution in [2.45, 2.75) is 59.6 Å². The number of benzene rings is 1. The average Bonchev–Trinajstić information content (AvgIpc) is 3.01. The van der Waals surface area contributed by atoms with Crippen molar-refractivity contribution in [2.75, 3.05) is 13.1 Å². The first kappa shape index (κ1) is 20.7. The van der Waals surface area contributed by atoms with Crippen LogP contribution in [-0.2, 0) is 13.0 Å². The van der Waals surface area contributed by atoms with Crippen LogP contribution in [0.5, 0.6) is 5.75 Å². The van der Waals surface area contributed by atoms with Gasteiger partial charge in [0, 0.05) is 25.1 Å². The summed E-state index contributed by atoms with van der Waals surface area (Å²) in [4.78, 5) is 8.90. The topological polar surface area (TPSA) is 84.6 Å². The van der Waals surface area contributed by atoms with E-state index in [2.05, 4.69) is 32.7 Å². The van der Waals surface area contributed by atoms with Crippen LogP contribution in [0.15, 0.2) is 33.8 Å². The number of nitrogens with one attached hydrogen (secondary N) is 2. The highest BCUT2D eigenvalue weighted by atomic mass is 16.5. The minimum atomic E-state index is -0.240. The zero-order chi connectivity index (χ0) is 19.7. The predicted octanol–water partition coefficient (Wildman–Crippen LogP) is 3.24. The number of rotatable bonds is 8. The van der Waals surface area contributed by atoms with Gasteiger partial charge in [0.25, 0.3) is 0 Å². The van der Waals surface area contributed by atoms with Crippen molar-refractivity contribution in [3.63, 3.8) is 0 Å². The van der Waals surface area contributed by atoms with E-state index in [1.807, 2.05) is 52.0 Å². The number of aryl methyl sites for hydroxylation is 2. The maximum Gasteiger partial charge on any atom is 0.226 e. The van der Waals surface area contributed by atoms with Crippen molar-refractivity contribution >= 4 is 5.96 Å². The lowest BCUT2D eigenvalue weighted by Crippen LogP contribution is -2.37. The van der Waals surface area contributed by atoms with Crippen molar-refractivity contribution < 1.29 is 9.26 Å². The molecule has 0 radical (unpaired) electrons. The lowest BCUT2D eigenvalue weighted by Gasteiger charge is -2.23. The summed E-state index contributed by atoms with van der Waals surface area (Å²) in [5.74, 6) is 3.00. The van der Waals surface area contributed by atoms with Gasteiger partial charge < -0.3 is 19.9 Å². The number of ether oxygens (including phenoxy) is 1. The molecule has 0 aliphatic carbocycles. The Morgan fingerprint density at radius 3 is 2.67 bits per heavy atom. The molecule has 0 atom stereocenters. The van der Waals surface area contributed by atoms with Crippen LogP contribution in [0.1, 0.15) is 51.4 Å². The third-order valence-corrected chi connectivity index (χ3v) is 3.57. The number of hydrogen-bond donors (Lipinski definition) is 2. The summed E-state index contributed by atoms with van der Waals surface area (Å²) in [6.07, 6.45) is 1.63. The van der Waals surface area contributed by atoms with E-state index < -0.39 is 0 Å². The molecule has 0 saturated carbocycles. The van der Waals surface area contributed by atoms with Crippen LogP contribution in [0.3, 0.4) is 0 Å². The molecule has 7 nitrogen and oxygen atoms in total. The minimum absolute atomic E-state index is 0.240. The van der Waals surface area contributed by atoms with E-state index in [4.69, 9.17) is 9.26 Å². The molecule has 0 aliphatic heterocycles. The van der Waals surface area contributed by atoms with E-state index in [1.165, 1.54) is 0 Å². The summed E-state index contributed by atoms with van der Waals surface area (Å²) >= 11 is 0. The molecular weight excluding hydrogens is 342 g/mol. The molecule has 1 aromatic heterocycles. The van der Waals surface area contributed by atoms with Gasteiger partial charge in [0.2, 0.25) is 5.89 Å². The molecule has 148 valence electrons. The molecule has 0 fully saturated rings. The molecule has 0 amide bonds. The molecule has 0 bridgehead atoms. The zero-order valence-electron chi connectivity index (χ0n) is 17.0. The molecule has 2 N–H and O–H groups in total. The second kappa shape index (κ2) is 9.94. The second-order valence-electron chi connectivity index (χ2n) is 7.28. The highest BCUT2D eigenvalue weighted by molar-refractivity contribution is 5.79. The Kier molecular flexibility index (Phi) is 7.64. The van der Waals surface area contributed by atoms with Gasteiger partial charge in [-0.1, -0.05) is 23.4 Å². The third-order valence-electron chi connectivity index (χ3n) is 3.57. The highest BCUT2D eigenvalue weighted by Gasteiger charge is 2.14. The quantitative estimate of drug-likeness (QED) is 0.420. The lowest BCUT2D eigenvalue weighted by molar-refractivity contribution is 0.129. The Labute approximate surface area is 161 Å². The van der Waals surface area contributed by atoms with E-state index >= 15 is 0 Å². The van der Waals surface area contributed by atoms with Crippen molar-refractivity contribution in [1.29, 1.82) is 0 Å². The third kappa shape index (κ3) is 7.68. The molecule has 0 aliphatic rings. The largest absolute Gasteiger partial charge is 0.488 e. The van der Waals surface area contributed by atoms with Crippen LogP contribution >= 0.6 is 0 Å². The molecule has 0 spiro atoms. The van der Waals surface area contributed by atoms with E-state index in [0.29, 0.717) is 18.3 Å². The van der Waals surface area contributed by atoms with Crippen molar-refractivity contribution in [3.05, 3.63) is 41.5 Å². The van der Waals surface area contributed by atoms with Crippen LogP contribution in [-0.4, -0.2) is 34.8 Å². The summed E-state index contributed by atoms with van der Waals surface area (Å²) in [6, 6.07) is 8.03. The standard InChI is InChI=1S/C20H31N5O2/c1-6-21-19(22-13-9-12-18-24-15(2)25-27-18)23-14-16-10-7-8-11-17(16)26-20(3,4)5/h7-8,10-11H,6,9,12-14H2,1-5H3,(H2,21,22,23). The first-order chi connectivity index (χ1) is 12.9. The Bertz CT molecular complexity index is 734. The minimum Gasteiger partial charge on any atom is -0.488 e. The maximum atomic E-state index is 6.04. The van der Waals surface area contributed by atoms with Crippen LogP contribution in [0.4, 0.5) is 0 Å². The highest BCUT2D eigenvalue weighted by Crippen LogP contribution is 2.23. The van der Waals surface area contributed by atoms with Gasteiger partial charge in [-0.3, -0.25) is 0 Å². The number of aliphatic imine (C=N–C) groups is 1. The molecule has 1 aromatic carbocycles. The zero-order valence-corrected chi connectivity index (χ0v) is 17.0. The molecule has 27 heavy (non-hydrogen) atoms. The molecule has 0 saturated heterocycles. The van der Waals surface area contributed by atoms with Gasteiger partial charge in [-0.2, -0.15) is 4.98 Å². The fourth-order valence-corrected chi connectivity index (χ4v) is 2.46. The Morgan fingerprint density at radius 1 is 1.22 bits per heavy atom. The molecule has 7 heteroatoms. The molecule has 1 heterocycles. The Balaban J connectivity index is 1.91. The van der Waals surface area contributed by atoms with Crippen LogP contribution in [0, 0.1) is 6.92 Å². The Hall–Kier alpha value is -2.57. The lowest BCUT2D eigenvalue weighted by atomic mass is 10.1. The number of guanidine groups is 1. The molecule has 2 aromatic rings. The summed E-state index contributed by atoms with van der Waals surface area (Å²) < 4.78 is 11.2. The average molecular weight is 374 g/mol. The van der Waals surface area contributed by atoms with Crippen molar-refractivity contribution in [2.24, 2.45) is 4.99 Å². The number of aromatic nitrogens is 2. The van der Waals surface area contributed by atoms with Gasteiger partial charge in [-0.05, 0) is 47.1 Å². The fraction of sp³-hybridized carbons (Fsp3) is 0.550. The van der Waals surface area contributed by atoms with Gasteiger partial charge in [-0.25, -0.2) is 4.99 Å². The fourth-order valence-electron chi connectivity index (χ4n) is 2.46. The monoisotopic (exact) mass is 373 g/mol. The van der Waals surface area contributed by atoms with Gasteiger partial charge >= 0.3 is 0 Å². The molecular formula is C20H31N5O2. The van der Waals surface area contributed by atoms with Crippen molar-refractivity contribution in [1.82, 2.24) is 20.8 Å². The number of para-hydroxylation sites is 1. The van der Waals surface area contributed by atoms with E-state index in [9.17, 15) is 0 Å². The van der Waals surface area contributed by atoms with Crippen LogP contribution < -0.4 is 15.4 Å².